The van der Waals surface area contributed by atoms with Gasteiger partial charge in [0.2, 0.25) is 0 Å². The van der Waals surface area contributed by atoms with E-state index in [1.807, 2.05) is 0 Å². The Morgan fingerprint density at radius 3 is 2.17 bits per heavy atom. The van der Waals surface area contributed by atoms with Crippen LogP contribution in [-0.4, -0.2) is 37.8 Å². The second-order valence-corrected chi connectivity index (χ2v) is 4.69. The Morgan fingerprint density at radius 2 is 1.67 bits per heavy atom. The molecule has 0 spiro atoms. The van der Waals surface area contributed by atoms with Crippen LogP contribution in [0.15, 0.2) is 0 Å². The number of rotatable bonds is 0. The van der Waals surface area contributed by atoms with Crippen LogP contribution in [0.4, 0.5) is 0 Å². The molecule has 2 heterocycles. The Kier molecular flexibility index (Phi) is 2.10. The molecular formula is C9H20N3+. The van der Waals surface area contributed by atoms with Gasteiger partial charge in [0.15, 0.2) is 0 Å². The highest BCUT2D eigenvalue weighted by molar-refractivity contribution is 4.79. The van der Waals surface area contributed by atoms with E-state index < -0.39 is 0 Å². The van der Waals surface area contributed by atoms with Crippen molar-refractivity contribution in [3.8, 4) is 0 Å². The molecule has 2 atom stereocenters. The molecule has 0 amide bonds. The highest BCUT2D eigenvalue weighted by Crippen LogP contribution is 2.31. The molecule has 0 radical (unpaired) electrons. The first-order chi connectivity index (χ1) is 5.67. The van der Waals surface area contributed by atoms with Crippen molar-refractivity contribution >= 4 is 0 Å². The molecule has 2 fully saturated rings. The Bertz CT molecular complexity index is 151. The average Bonchev–Trinajstić information content (AvgIpc) is 2.17. The van der Waals surface area contributed by atoms with E-state index in [4.69, 9.17) is 5.84 Å². The Balaban J connectivity index is 2.02. The summed E-state index contributed by atoms with van der Waals surface area (Å²) in [6.45, 7) is 4.76. The van der Waals surface area contributed by atoms with Crippen LogP contribution in [0.1, 0.15) is 12.8 Å². The minimum Gasteiger partial charge on any atom is -0.317 e. The number of quaternary nitrogens is 1. The lowest BCUT2D eigenvalue weighted by Crippen LogP contribution is -2.49. The van der Waals surface area contributed by atoms with Gasteiger partial charge in [-0.2, -0.15) is 5.84 Å². The number of nitrogens with one attached hydrogen (secondary N) is 1. The lowest BCUT2D eigenvalue weighted by molar-refractivity contribution is -0.912. The zero-order chi connectivity index (χ0) is 8.60. The molecular weight excluding hydrogens is 150 g/mol. The monoisotopic (exact) mass is 170 g/mol. The van der Waals surface area contributed by atoms with Crippen LogP contribution in [0.5, 0.6) is 0 Å². The molecule has 2 unspecified atom stereocenters. The van der Waals surface area contributed by atoms with Crippen molar-refractivity contribution in [1.29, 1.82) is 0 Å². The normalized spacial score (nSPS) is 48.5. The maximum absolute atomic E-state index is 6.11. The number of fused-ring (bicyclic) bond motifs is 1. The van der Waals surface area contributed by atoms with E-state index in [1.54, 1.807) is 0 Å². The van der Waals surface area contributed by atoms with E-state index in [9.17, 15) is 0 Å². The summed E-state index contributed by atoms with van der Waals surface area (Å²) in [7, 11) is 2.15. The van der Waals surface area contributed by atoms with E-state index in [1.165, 1.54) is 39.0 Å². The van der Waals surface area contributed by atoms with Gasteiger partial charge in [0, 0.05) is 11.8 Å². The maximum Gasteiger partial charge on any atom is 0.0992 e. The van der Waals surface area contributed by atoms with Gasteiger partial charge in [-0.15, -0.1) is 0 Å². The molecule has 3 N–H and O–H groups in total. The van der Waals surface area contributed by atoms with Gasteiger partial charge >= 0.3 is 0 Å². The van der Waals surface area contributed by atoms with Crippen LogP contribution in [0.2, 0.25) is 0 Å². The Morgan fingerprint density at radius 1 is 1.17 bits per heavy atom. The summed E-state index contributed by atoms with van der Waals surface area (Å²) in [5.74, 6) is 7.87. The summed E-state index contributed by atoms with van der Waals surface area (Å²) in [5, 5.41) is 3.46. The van der Waals surface area contributed by atoms with Crippen LogP contribution >= 0.6 is 0 Å². The molecule has 12 heavy (non-hydrogen) atoms. The van der Waals surface area contributed by atoms with Crippen molar-refractivity contribution in [3.05, 3.63) is 0 Å². The number of nitrogens with two attached hydrogens (primary N) is 1. The molecule has 0 aromatic carbocycles. The van der Waals surface area contributed by atoms with Crippen molar-refractivity contribution < 1.29 is 4.59 Å². The van der Waals surface area contributed by atoms with Gasteiger partial charge in [-0.25, -0.2) is 0 Å². The highest BCUT2D eigenvalue weighted by atomic mass is 15.6. The van der Waals surface area contributed by atoms with E-state index in [-0.39, 0.29) is 0 Å². The summed E-state index contributed by atoms with van der Waals surface area (Å²) in [5.41, 5.74) is 0. The third kappa shape index (κ3) is 1.63. The predicted molar refractivity (Wildman–Crippen MR) is 49.2 cm³/mol. The molecule has 0 bridgehead atoms. The smallest absolute Gasteiger partial charge is 0.0992 e. The highest BCUT2D eigenvalue weighted by Gasteiger charge is 2.40. The van der Waals surface area contributed by atoms with Gasteiger partial charge in [-0.05, 0) is 25.9 Å². The molecule has 70 valence electrons. The average molecular weight is 170 g/mol. The van der Waals surface area contributed by atoms with Gasteiger partial charge in [0.25, 0.3) is 0 Å². The Labute approximate surface area is 74.5 Å². The zero-order valence-corrected chi connectivity index (χ0v) is 7.92. The third-order valence-corrected chi connectivity index (χ3v) is 3.35. The van der Waals surface area contributed by atoms with Gasteiger partial charge in [-0.3, -0.25) is 4.59 Å². The first-order valence-electron chi connectivity index (χ1n) is 5.01. The van der Waals surface area contributed by atoms with E-state index in [2.05, 4.69) is 12.4 Å². The lowest BCUT2D eigenvalue weighted by atomic mass is 9.92. The van der Waals surface area contributed by atoms with Gasteiger partial charge in [0.05, 0.1) is 20.1 Å². The van der Waals surface area contributed by atoms with Crippen molar-refractivity contribution in [2.24, 2.45) is 17.7 Å². The van der Waals surface area contributed by atoms with Gasteiger partial charge < -0.3 is 5.32 Å². The standard InChI is InChI=1S/C9H20N3/c1-12(10)6-8-2-4-11-5-3-9(8)7-12/h8-9,11H,2-7,10H2,1H3/q+1. The van der Waals surface area contributed by atoms with Crippen LogP contribution in [0, 0.1) is 11.8 Å². The van der Waals surface area contributed by atoms with Gasteiger partial charge in [-0.1, -0.05) is 0 Å². The second-order valence-electron chi connectivity index (χ2n) is 4.69. The largest absolute Gasteiger partial charge is 0.317 e. The minimum atomic E-state index is 0.759. The van der Waals surface area contributed by atoms with Crippen LogP contribution in [-0.2, 0) is 0 Å². The lowest BCUT2D eigenvalue weighted by Gasteiger charge is -2.22. The third-order valence-electron chi connectivity index (χ3n) is 3.35. The molecule has 3 nitrogen and oxygen atoms in total. The fourth-order valence-corrected chi connectivity index (χ4v) is 2.80. The molecule has 0 aromatic rings. The first kappa shape index (κ1) is 8.48. The van der Waals surface area contributed by atoms with Gasteiger partial charge in [0.1, 0.15) is 0 Å². The van der Waals surface area contributed by atoms with Crippen LogP contribution in [0.3, 0.4) is 0 Å². The minimum absolute atomic E-state index is 0.759. The van der Waals surface area contributed by atoms with Crippen molar-refractivity contribution in [1.82, 2.24) is 5.32 Å². The Hall–Kier alpha value is -0.120. The van der Waals surface area contributed by atoms with E-state index in [0.717, 1.165) is 16.4 Å². The summed E-state index contributed by atoms with van der Waals surface area (Å²) >= 11 is 0. The number of hydrogen-bond acceptors (Lipinski definition) is 2. The molecule has 0 saturated carbocycles. The molecule has 3 heteroatoms. The van der Waals surface area contributed by atoms with Crippen LogP contribution in [0.25, 0.3) is 0 Å². The van der Waals surface area contributed by atoms with E-state index in [0.29, 0.717) is 0 Å². The first-order valence-corrected chi connectivity index (χ1v) is 5.01. The van der Waals surface area contributed by atoms with Crippen LogP contribution < -0.4 is 11.2 Å². The molecule has 2 rings (SSSR count). The number of hydrogen-bond donors (Lipinski definition) is 2. The second kappa shape index (κ2) is 2.98. The predicted octanol–water partition coefficient (Wildman–Crippen LogP) is -0.0639. The molecule has 0 aliphatic carbocycles. The zero-order valence-electron chi connectivity index (χ0n) is 7.92. The SMILES string of the molecule is C[N+]1(N)CC2CCNCCC2C1. The van der Waals surface area contributed by atoms with Crippen molar-refractivity contribution in [3.63, 3.8) is 0 Å². The fourth-order valence-electron chi connectivity index (χ4n) is 2.80. The molecule has 0 aromatic heterocycles. The quantitative estimate of drug-likeness (QED) is 0.395. The van der Waals surface area contributed by atoms with Crippen molar-refractivity contribution in [2.75, 3.05) is 33.2 Å². The number of likely N-dealkylation sites (tertiary alicyclic amines) is 1. The maximum atomic E-state index is 6.11. The molecule has 2 aliphatic rings. The summed E-state index contributed by atoms with van der Waals surface area (Å²) in [4.78, 5) is 0. The molecule has 2 saturated heterocycles. The number of nitrogens with zero attached hydrogens (tertiary/aromatic N) is 1. The fraction of sp³-hybridized carbons (Fsp3) is 1.00. The molecule has 2 aliphatic heterocycles. The van der Waals surface area contributed by atoms with Crippen molar-refractivity contribution in [2.45, 2.75) is 12.8 Å². The topological polar surface area (TPSA) is 38.0 Å². The summed E-state index contributed by atoms with van der Waals surface area (Å²) in [6.07, 6.45) is 2.66. The summed E-state index contributed by atoms with van der Waals surface area (Å²) in [6, 6.07) is 0. The van der Waals surface area contributed by atoms with E-state index >= 15 is 0 Å². The summed E-state index contributed by atoms with van der Waals surface area (Å²) < 4.78 is 0.759.